The Kier molecular flexibility index (Phi) is 5.80. The standard InChI is InChI=1S/C14H19N5O3S/c1-9(2)7-10(14(21)22-3)15-12(20)8-19-17-13(16-18-19)11-5-4-6-23-11/h4-6,9-10H,7-8H2,1-3H3,(H,15,20)/t10-/m1/s1. The lowest BCUT2D eigenvalue weighted by Gasteiger charge is -2.17. The minimum Gasteiger partial charge on any atom is -0.467 e. The van der Waals surface area contributed by atoms with Crippen molar-refractivity contribution in [3.05, 3.63) is 17.5 Å². The second kappa shape index (κ2) is 7.82. The van der Waals surface area contributed by atoms with Gasteiger partial charge in [0.25, 0.3) is 0 Å². The van der Waals surface area contributed by atoms with Gasteiger partial charge in [0, 0.05) is 0 Å². The summed E-state index contributed by atoms with van der Waals surface area (Å²) in [5.41, 5.74) is 0. The number of carbonyl (C=O) groups is 2. The number of rotatable bonds is 7. The number of nitrogens with zero attached hydrogens (tertiary/aromatic N) is 4. The van der Waals surface area contributed by atoms with Gasteiger partial charge in [-0.1, -0.05) is 19.9 Å². The fourth-order valence-corrected chi connectivity index (χ4v) is 2.66. The summed E-state index contributed by atoms with van der Waals surface area (Å²) in [6, 6.07) is 3.09. The summed E-state index contributed by atoms with van der Waals surface area (Å²) in [5, 5.41) is 16.5. The Hall–Kier alpha value is -2.29. The van der Waals surface area contributed by atoms with Crippen molar-refractivity contribution in [2.45, 2.75) is 32.9 Å². The maximum absolute atomic E-state index is 12.1. The number of ether oxygens (including phenoxy) is 1. The average Bonchev–Trinajstić information content (AvgIpc) is 3.15. The molecule has 0 spiro atoms. The van der Waals surface area contributed by atoms with Crippen LogP contribution in [0.25, 0.3) is 10.7 Å². The summed E-state index contributed by atoms with van der Waals surface area (Å²) in [6.07, 6.45) is 0.504. The van der Waals surface area contributed by atoms with E-state index >= 15 is 0 Å². The van der Waals surface area contributed by atoms with Gasteiger partial charge in [-0.15, -0.1) is 21.5 Å². The first kappa shape index (κ1) is 17.1. The van der Waals surface area contributed by atoms with Gasteiger partial charge >= 0.3 is 5.97 Å². The highest BCUT2D eigenvalue weighted by molar-refractivity contribution is 7.13. The monoisotopic (exact) mass is 337 g/mol. The van der Waals surface area contributed by atoms with Crippen molar-refractivity contribution >= 4 is 23.2 Å². The van der Waals surface area contributed by atoms with Gasteiger partial charge in [-0.2, -0.15) is 4.80 Å². The number of esters is 1. The molecule has 0 aromatic carbocycles. The molecule has 9 heteroatoms. The van der Waals surface area contributed by atoms with Crippen LogP contribution >= 0.6 is 11.3 Å². The molecular weight excluding hydrogens is 318 g/mol. The van der Waals surface area contributed by atoms with Crippen molar-refractivity contribution in [2.24, 2.45) is 5.92 Å². The van der Waals surface area contributed by atoms with E-state index in [1.165, 1.54) is 23.2 Å². The van der Waals surface area contributed by atoms with E-state index in [0.29, 0.717) is 12.2 Å². The van der Waals surface area contributed by atoms with Crippen LogP contribution in [0.5, 0.6) is 0 Å². The first-order valence-electron chi connectivity index (χ1n) is 7.18. The molecule has 0 aliphatic carbocycles. The molecule has 8 nitrogen and oxygen atoms in total. The molecule has 0 radical (unpaired) electrons. The fraction of sp³-hybridized carbons (Fsp3) is 0.500. The van der Waals surface area contributed by atoms with Crippen molar-refractivity contribution in [2.75, 3.05) is 7.11 Å². The van der Waals surface area contributed by atoms with Crippen LogP contribution in [0.2, 0.25) is 0 Å². The highest BCUT2D eigenvalue weighted by atomic mass is 32.1. The van der Waals surface area contributed by atoms with E-state index in [1.54, 1.807) is 0 Å². The molecule has 0 bridgehead atoms. The highest BCUT2D eigenvalue weighted by Crippen LogP contribution is 2.19. The molecule has 2 aromatic rings. The fourth-order valence-electron chi connectivity index (χ4n) is 2.01. The number of carbonyl (C=O) groups excluding carboxylic acids is 2. The summed E-state index contributed by atoms with van der Waals surface area (Å²) >= 11 is 1.49. The molecule has 0 saturated carbocycles. The highest BCUT2D eigenvalue weighted by Gasteiger charge is 2.23. The van der Waals surface area contributed by atoms with E-state index in [4.69, 9.17) is 4.74 Å². The van der Waals surface area contributed by atoms with Gasteiger partial charge in [0.1, 0.15) is 12.6 Å². The molecule has 1 amide bonds. The third-order valence-electron chi connectivity index (χ3n) is 3.01. The van der Waals surface area contributed by atoms with Gasteiger partial charge in [-0.3, -0.25) is 4.79 Å². The van der Waals surface area contributed by atoms with Crippen LogP contribution in [0.3, 0.4) is 0 Å². The molecule has 0 unspecified atom stereocenters. The van der Waals surface area contributed by atoms with Crippen LogP contribution in [0.15, 0.2) is 17.5 Å². The first-order chi connectivity index (χ1) is 11.0. The van der Waals surface area contributed by atoms with Gasteiger partial charge in [-0.25, -0.2) is 4.79 Å². The van der Waals surface area contributed by atoms with Gasteiger partial charge in [0.2, 0.25) is 11.7 Å². The van der Waals surface area contributed by atoms with Gasteiger partial charge in [0.05, 0.1) is 12.0 Å². The minimum absolute atomic E-state index is 0.107. The zero-order valence-electron chi connectivity index (χ0n) is 13.2. The quantitative estimate of drug-likeness (QED) is 0.760. The average molecular weight is 337 g/mol. The van der Waals surface area contributed by atoms with Crippen molar-refractivity contribution in [1.82, 2.24) is 25.5 Å². The Morgan fingerprint density at radius 1 is 1.43 bits per heavy atom. The summed E-state index contributed by atoms with van der Waals surface area (Å²) < 4.78 is 4.71. The molecule has 0 fully saturated rings. The number of amides is 1. The Balaban J connectivity index is 1.96. The van der Waals surface area contributed by atoms with Crippen LogP contribution in [0, 0.1) is 5.92 Å². The van der Waals surface area contributed by atoms with Crippen LogP contribution in [0.1, 0.15) is 20.3 Å². The molecule has 0 aliphatic rings. The van der Waals surface area contributed by atoms with Crippen molar-refractivity contribution in [1.29, 1.82) is 0 Å². The summed E-state index contributed by atoms with van der Waals surface area (Å²) in [4.78, 5) is 25.9. The lowest BCUT2D eigenvalue weighted by atomic mass is 10.0. The van der Waals surface area contributed by atoms with E-state index in [9.17, 15) is 9.59 Å². The number of hydrogen-bond donors (Lipinski definition) is 1. The van der Waals surface area contributed by atoms with E-state index in [-0.39, 0.29) is 18.4 Å². The van der Waals surface area contributed by atoms with Crippen LogP contribution in [0.4, 0.5) is 0 Å². The Morgan fingerprint density at radius 2 is 2.22 bits per heavy atom. The second-order valence-corrected chi connectivity index (χ2v) is 6.34. The van der Waals surface area contributed by atoms with Gasteiger partial charge in [-0.05, 0) is 29.0 Å². The van der Waals surface area contributed by atoms with E-state index < -0.39 is 12.0 Å². The third kappa shape index (κ3) is 4.85. The first-order valence-corrected chi connectivity index (χ1v) is 8.06. The molecule has 0 saturated heterocycles. The summed E-state index contributed by atoms with van der Waals surface area (Å²) in [6.45, 7) is 3.83. The molecular formula is C14H19N5O3S. The molecule has 2 heterocycles. The van der Waals surface area contributed by atoms with Crippen molar-refractivity contribution in [3.8, 4) is 10.7 Å². The number of aromatic nitrogens is 4. The normalized spacial score (nSPS) is 12.2. The molecule has 1 N–H and O–H groups in total. The number of methoxy groups -OCH3 is 1. The van der Waals surface area contributed by atoms with Crippen LogP contribution in [-0.4, -0.2) is 45.2 Å². The number of tetrazole rings is 1. The summed E-state index contributed by atoms with van der Waals surface area (Å²) in [7, 11) is 1.30. The van der Waals surface area contributed by atoms with Gasteiger partial charge < -0.3 is 10.1 Å². The smallest absolute Gasteiger partial charge is 0.328 e. The molecule has 2 rings (SSSR count). The maximum atomic E-state index is 12.1. The molecule has 2 aromatic heterocycles. The largest absolute Gasteiger partial charge is 0.467 e. The van der Waals surface area contributed by atoms with E-state index in [2.05, 4.69) is 20.7 Å². The number of nitrogens with one attached hydrogen (secondary N) is 1. The second-order valence-electron chi connectivity index (χ2n) is 5.39. The Labute approximate surface area is 137 Å². The predicted octanol–water partition coefficient (Wildman–Crippen LogP) is 1.11. The molecule has 124 valence electrons. The Bertz CT molecular complexity index is 653. The van der Waals surface area contributed by atoms with Crippen molar-refractivity contribution < 1.29 is 14.3 Å². The van der Waals surface area contributed by atoms with Crippen molar-refractivity contribution in [3.63, 3.8) is 0 Å². The predicted molar refractivity (Wildman–Crippen MR) is 84.5 cm³/mol. The SMILES string of the molecule is COC(=O)[C@@H](CC(C)C)NC(=O)Cn1nnc(-c2cccs2)n1. The Morgan fingerprint density at radius 3 is 2.83 bits per heavy atom. The zero-order chi connectivity index (χ0) is 16.8. The van der Waals surface area contributed by atoms with Crippen LogP contribution in [-0.2, 0) is 20.9 Å². The maximum Gasteiger partial charge on any atom is 0.328 e. The van der Waals surface area contributed by atoms with Crippen LogP contribution < -0.4 is 5.32 Å². The summed E-state index contributed by atoms with van der Waals surface area (Å²) in [5.74, 6) is -0.108. The number of hydrogen-bond acceptors (Lipinski definition) is 7. The third-order valence-corrected chi connectivity index (χ3v) is 3.87. The minimum atomic E-state index is -0.673. The molecule has 1 atom stereocenters. The molecule has 23 heavy (non-hydrogen) atoms. The lowest BCUT2D eigenvalue weighted by Crippen LogP contribution is -2.43. The molecule has 0 aliphatic heterocycles. The lowest BCUT2D eigenvalue weighted by molar-refractivity contribution is -0.145. The van der Waals surface area contributed by atoms with E-state index in [1.807, 2.05) is 31.4 Å². The zero-order valence-corrected chi connectivity index (χ0v) is 14.0. The van der Waals surface area contributed by atoms with Gasteiger partial charge in [0.15, 0.2) is 0 Å². The van der Waals surface area contributed by atoms with E-state index in [0.717, 1.165) is 4.88 Å². The number of thiophene rings is 1. The topological polar surface area (TPSA) is 99.0 Å².